The van der Waals surface area contributed by atoms with Crippen molar-refractivity contribution in [2.24, 2.45) is 11.7 Å². The van der Waals surface area contributed by atoms with E-state index in [4.69, 9.17) is 5.73 Å². The highest BCUT2D eigenvalue weighted by Gasteiger charge is 2.29. The Morgan fingerprint density at radius 1 is 1.37 bits per heavy atom. The fourth-order valence-electron chi connectivity index (χ4n) is 2.90. The van der Waals surface area contributed by atoms with E-state index in [2.05, 4.69) is 35.9 Å². The van der Waals surface area contributed by atoms with Crippen molar-refractivity contribution in [3.8, 4) is 0 Å². The first-order valence-electron chi connectivity index (χ1n) is 7.66. The third kappa shape index (κ3) is 3.54. The Morgan fingerprint density at radius 2 is 2.16 bits per heavy atom. The van der Waals surface area contributed by atoms with Crippen LogP contribution in [0.1, 0.15) is 51.3 Å². The van der Waals surface area contributed by atoms with Crippen LogP contribution in [0.15, 0.2) is 24.4 Å². The average Bonchev–Trinajstić information content (AvgIpc) is 2.41. The topological polar surface area (TPSA) is 42.1 Å². The number of nitrogens with two attached hydrogens (primary N) is 1. The third-order valence-corrected chi connectivity index (χ3v) is 4.38. The molecule has 2 N–H and O–H groups in total. The molecule has 0 bridgehead atoms. The third-order valence-electron chi connectivity index (χ3n) is 4.38. The van der Waals surface area contributed by atoms with Gasteiger partial charge < -0.3 is 5.73 Å². The molecule has 1 aliphatic carbocycles. The van der Waals surface area contributed by atoms with E-state index in [-0.39, 0.29) is 12.1 Å². The predicted octanol–water partition coefficient (Wildman–Crippen LogP) is 2.98. The molecule has 1 heterocycles. The molecule has 0 spiro atoms. The van der Waals surface area contributed by atoms with Gasteiger partial charge in [0.05, 0.1) is 11.7 Å². The first kappa shape index (κ1) is 14.5. The highest BCUT2D eigenvalue weighted by molar-refractivity contribution is 5.11. The number of aromatic nitrogens is 1. The molecule has 1 saturated carbocycles. The van der Waals surface area contributed by atoms with Gasteiger partial charge in [0.1, 0.15) is 0 Å². The monoisotopic (exact) mass is 261 g/mol. The minimum absolute atomic E-state index is 0.162. The van der Waals surface area contributed by atoms with Gasteiger partial charge in [-0.1, -0.05) is 26.3 Å². The van der Waals surface area contributed by atoms with E-state index in [1.807, 2.05) is 12.3 Å². The lowest BCUT2D eigenvalue weighted by Crippen LogP contribution is -2.44. The molecule has 1 aromatic heterocycles. The van der Waals surface area contributed by atoms with Crippen LogP contribution >= 0.6 is 0 Å². The Bertz CT molecular complexity index is 362. The Balaban J connectivity index is 2.14. The largest absolute Gasteiger partial charge is 0.326 e. The highest BCUT2D eigenvalue weighted by atomic mass is 15.2. The fourth-order valence-corrected chi connectivity index (χ4v) is 2.90. The molecule has 0 saturated heterocycles. The molecule has 19 heavy (non-hydrogen) atoms. The maximum absolute atomic E-state index is 6.38. The Hall–Kier alpha value is -0.930. The van der Waals surface area contributed by atoms with Crippen LogP contribution in [0.25, 0.3) is 0 Å². The molecule has 1 fully saturated rings. The molecular formula is C16H27N3. The number of hydrogen-bond acceptors (Lipinski definition) is 3. The van der Waals surface area contributed by atoms with Crippen LogP contribution in [-0.4, -0.2) is 29.0 Å². The van der Waals surface area contributed by atoms with Gasteiger partial charge in [0.15, 0.2) is 0 Å². The number of rotatable bonds is 7. The summed E-state index contributed by atoms with van der Waals surface area (Å²) in [5.74, 6) is 0.871. The van der Waals surface area contributed by atoms with E-state index in [9.17, 15) is 0 Å². The minimum Gasteiger partial charge on any atom is -0.326 e. The van der Waals surface area contributed by atoms with E-state index in [1.165, 1.54) is 25.8 Å². The first-order valence-corrected chi connectivity index (χ1v) is 7.66. The molecule has 0 amide bonds. The molecule has 106 valence electrons. The summed E-state index contributed by atoms with van der Waals surface area (Å²) in [6.45, 7) is 6.62. The van der Waals surface area contributed by atoms with Crippen molar-refractivity contribution in [3.05, 3.63) is 30.1 Å². The summed E-state index contributed by atoms with van der Waals surface area (Å²) in [5.41, 5.74) is 7.50. The van der Waals surface area contributed by atoms with Gasteiger partial charge in [0.2, 0.25) is 0 Å². The predicted molar refractivity (Wildman–Crippen MR) is 79.8 cm³/mol. The summed E-state index contributed by atoms with van der Waals surface area (Å²) >= 11 is 0. The zero-order chi connectivity index (χ0) is 13.7. The van der Waals surface area contributed by atoms with Crippen LogP contribution in [0.2, 0.25) is 0 Å². The second-order valence-electron chi connectivity index (χ2n) is 5.66. The number of hydrogen-bond donors (Lipinski definition) is 1. The standard InChI is InChI=1S/C16H27N3/c1-3-14(17)16(15-10-5-6-11-18-15)19(4-2)12-13-8-7-9-13/h5-6,10-11,13-14,16H,3-4,7-9,12,17H2,1-2H3. The zero-order valence-electron chi connectivity index (χ0n) is 12.3. The van der Waals surface area contributed by atoms with Crippen LogP contribution in [0, 0.1) is 5.92 Å². The van der Waals surface area contributed by atoms with Crippen molar-refractivity contribution in [2.45, 2.75) is 51.6 Å². The van der Waals surface area contributed by atoms with Crippen LogP contribution in [0.5, 0.6) is 0 Å². The fraction of sp³-hybridized carbons (Fsp3) is 0.688. The van der Waals surface area contributed by atoms with Crippen molar-refractivity contribution in [1.29, 1.82) is 0 Å². The summed E-state index contributed by atoms with van der Waals surface area (Å²) in [6.07, 6.45) is 7.03. The Labute approximate surface area is 117 Å². The van der Waals surface area contributed by atoms with Crippen LogP contribution < -0.4 is 5.73 Å². The summed E-state index contributed by atoms with van der Waals surface area (Å²) in [4.78, 5) is 7.07. The zero-order valence-corrected chi connectivity index (χ0v) is 12.3. The average molecular weight is 261 g/mol. The van der Waals surface area contributed by atoms with E-state index in [0.29, 0.717) is 0 Å². The quantitative estimate of drug-likeness (QED) is 0.820. The van der Waals surface area contributed by atoms with Gasteiger partial charge in [0, 0.05) is 18.8 Å². The van der Waals surface area contributed by atoms with Gasteiger partial charge in [0.25, 0.3) is 0 Å². The van der Waals surface area contributed by atoms with E-state index in [1.54, 1.807) is 0 Å². The summed E-state index contributed by atoms with van der Waals surface area (Å²) in [7, 11) is 0. The van der Waals surface area contributed by atoms with Gasteiger partial charge in [-0.25, -0.2) is 0 Å². The molecule has 2 unspecified atom stereocenters. The molecule has 1 aliphatic rings. The normalized spacial score (nSPS) is 19.2. The molecule has 2 atom stereocenters. The summed E-state index contributed by atoms with van der Waals surface area (Å²) < 4.78 is 0. The lowest BCUT2D eigenvalue weighted by molar-refractivity contribution is 0.119. The number of nitrogens with zero attached hydrogens (tertiary/aromatic N) is 2. The van der Waals surface area contributed by atoms with Gasteiger partial charge >= 0.3 is 0 Å². The second-order valence-corrected chi connectivity index (χ2v) is 5.66. The molecule has 0 aliphatic heterocycles. The highest BCUT2D eigenvalue weighted by Crippen LogP contribution is 2.31. The van der Waals surface area contributed by atoms with Crippen molar-refractivity contribution < 1.29 is 0 Å². The smallest absolute Gasteiger partial charge is 0.0673 e. The summed E-state index contributed by atoms with van der Waals surface area (Å²) in [6, 6.07) is 6.57. The van der Waals surface area contributed by atoms with Gasteiger partial charge in [-0.15, -0.1) is 0 Å². The maximum atomic E-state index is 6.38. The van der Waals surface area contributed by atoms with E-state index < -0.39 is 0 Å². The molecule has 3 nitrogen and oxygen atoms in total. The molecule has 2 rings (SSSR count). The SMILES string of the molecule is CCC(N)C(c1ccccn1)N(CC)CC1CCC1. The van der Waals surface area contributed by atoms with Crippen molar-refractivity contribution in [2.75, 3.05) is 13.1 Å². The van der Waals surface area contributed by atoms with Crippen LogP contribution in [0.4, 0.5) is 0 Å². The van der Waals surface area contributed by atoms with Crippen molar-refractivity contribution in [1.82, 2.24) is 9.88 Å². The van der Waals surface area contributed by atoms with Crippen LogP contribution in [0.3, 0.4) is 0 Å². The van der Waals surface area contributed by atoms with Gasteiger partial charge in [-0.2, -0.15) is 0 Å². The molecule has 0 aromatic carbocycles. The minimum atomic E-state index is 0.162. The Kier molecular flexibility index (Phi) is 5.34. The second kappa shape index (κ2) is 7.01. The summed E-state index contributed by atoms with van der Waals surface area (Å²) in [5, 5.41) is 0. The molecule has 0 radical (unpaired) electrons. The molecule has 1 aromatic rings. The lowest BCUT2D eigenvalue weighted by atomic mass is 9.84. The number of pyridine rings is 1. The van der Waals surface area contributed by atoms with Crippen molar-refractivity contribution >= 4 is 0 Å². The van der Waals surface area contributed by atoms with E-state index >= 15 is 0 Å². The molecule has 3 heteroatoms. The maximum Gasteiger partial charge on any atom is 0.0673 e. The lowest BCUT2D eigenvalue weighted by Gasteiger charge is -2.38. The van der Waals surface area contributed by atoms with Crippen LogP contribution in [-0.2, 0) is 0 Å². The van der Waals surface area contributed by atoms with Gasteiger partial charge in [-0.05, 0) is 43.9 Å². The van der Waals surface area contributed by atoms with E-state index in [0.717, 1.165) is 24.6 Å². The van der Waals surface area contributed by atoms with Gasteiger partial charge in [-0.3, -0.25) is 9.88 Å². The van der Waals surface area contributed by atoms with Crippen molar-refractivity contribution in [3.63, 3.8) is 0 Å². The molecular weight excluding hydrogens is 234 g/mol. The number of likely N-dealkylation sites (N-methyl/N-ethyl adjacent to an activating group) is 1. The first-order chi connectivity index (χ1) is 9.26. The Morgan fingerprint density at radius 3 is 2.63 bits per heavy atom.